The third-order valence-electron chi connectivity index (χ3n) is 10.2. The highest BCUT2D eigenvalue weighted by Gasteiger charge is 2.19. The molecule has 0 bridgehead atoms. The zero-order valence-electron chi connectivity index (χ0n) is 38.9. The summed E-state index contributed by atoms with van der Waals surface area (Å²) in [5.41, 5.74) is 0. The van der Waals surface area contributed by atoms with Crippen LogP contribution >= 0.6 is 0 Å². The van der Waals surface area contributed by atoms with Crippen LogP contribution < -0.4 is 0 Å². The summed E-state index contributed by atoms with van der Waals surface area (Å²) >= 11 is 0. The van der Waals surface area contributed by atoms with E-state index in [-0.39, 0.29) is 31.1 Å². The van der Waals surface area contributed by atoms with Crippen LogP contribution in [0.4, 0.5) is 0 Å². The number of ether oxygens (including phenoxy) is 3. The van der Waals surface area contributed by atoms with E-state index in [4.69, 9.17) is 14.2 Å². The second kappa shape index (κ2) is 48.3. The lowest BCUT2D eigenvalue weighted by Crippen LogP contribution is -2.30. The Morgan fingerprint density at radius 3 is 1.07 bits per heavy atom. The van der Waals surface area contributed by atoms with E-state index in [1.807, 2.05) is 0 Å². The summed E-state index contributed by atoms with van der Waals surface area (Å²) in [6.45, 7) is 6.32. The zero-order valence-corrected chi connectivity index (χ0v) is 38.9. The molecule has 1 atom stereocenters. The number of hydrogen-bond acceptors (Lipinski definition) is 6. The second-order valence-electron chi connectivity index (χ2n) is 16.1. The molecule has 0 saturated carbocycles. The normalized spacial score (nSPS) is 12.8. The summed E-state index contributed by atoms with van der Waals surface area (Å²) in [6.07, 6.45) is 61.3. The molecule has 0 saturated heterocycles. The van der Waals surface area contributed by atoms with Crippen LogP contribution in [0.15, 0.2) is 85.1 Å². The highest BCUT2D eigenvalue weighted by molar-refractivity contribution is 5.71. The summed E-state index contributed by atoms with van der Waals surface area (Å²) in [7, 11) is 0. The first kappa shape index (κ1) is 56.6. The molecule has 1 unspecified atom stereocenters. The Balaban J connectivity index is 4.46. The molecule has 0 fully saturated rings. The first-order valence-corrected chi connectivity index (χ1v) is 24.7. The SMILES string of the molecule is CC\C=C/C=C\C=C/CCCCCCCCCC(=O)OCC(COC(=O)CCCCCCC\C=C/C=C\C=C/CC)OC(=O)CCCCC/C=C\CCCCCCCCC. The fourth-order valence-electron chi connectivity index (χ4n) is 6.55. The van der Waals surface area contributed by atoms with Crippen LogP contribution in [0.3, 0.4) is 0 Å². The molecule has 0 aromatic carbocycles. The van der Waals surface area contributed by atoms with Gasteiger partial charge in [0.1, 0.15) is 13.2 Å². The van der Waals surface area contributed by atoms with E-state index in [9.17, 15) is 14.4 Å². The topological polar surface area (TPSA) is 78.9 Å². The average Bonchev–Trinajstić information content (AvgIpc) is 3.24. The molecule has 0 N–H and O–H groups in total. The first-order chi connectivity index (χ1) is 29.5. The Bertz CT molecular complexity index is 1190. The maximum atomic E-state index is 12.8. The van der Waals surface area contributed by atoms with Gasteiger partial charge in [-0.15, -0.1) is 0 Å². The van der Waals surface area contributed by atoms with Crippen molar-refractivity contribution in [2.45, 2.75) is 226 Å². The standard InChI is InChI=1S/C54H90O6/c1-4-7-10-13-16-19-22-25-27-30-32-35-38-41-44-47-53(56)59-50-51(49-58-52(55)46-43-40-37-34-31-28-24-21-18-15-12-9-6-3)60-54(57)48-45-42-39-36-33-29-26-23-20-17-14-11-8-5-2/h7,9-10,12-13,15-16,18-19,21-22,24,29,33,51H,4-6,8,11,14,17,20,23,25-28,30-32,34-50H2,1-3H3/b10-7-,12-9-,16-13-,18-15-,22-19-,24-21-,33-29-. The molecule has 0 rings (SSSR count). The van der Waals surface area contributed by atoms with Gasteiger partial charge in [0.05, 0.1) is 0 Å². The molecule has 6 heteroatoms. The van der Waals surface area contributed by atoms with Crippen molar-refractivity contribution in [2.24, 2.45) is 0 Å². The van der Waals surface area contributed by atoms with Crippen molar-refractivity contribution in [3.05, 3.63) is 85.1 Å². The first-order valence-electron chi connectivity index (χ1n) is 24.7. The van der Waals surface area contributed by atoms with Crippen LogP contribution in [-0.4, -0.2) is 37.2 Å². The van der Waals surface area contributed by atoms with Crippen molar-refractivity contribution in [1.82, 2.24) is 0 Å². The van der Waals surface area contributed by atoms with Gasteiger partial charge in [0.2, 0.25) is 0 Å². The van der Waals surface area contributed by atoms with E-state index in [0.717, 1.165) is 109 Å². The fourth-order valence-corrected chi connectivity index (χ4v) is 6.55. The molecule has 342 valence electrons. The zero-order chi connectivity index (χ0) is 43.7. The monoisotopic (exact) mass is 835 g/mol. The quantitative estimate of drug-likeness (QED) is 0.0200. The Morgan fingerprint density at radius 1 is 0.350 bits per heavy atom. The molecule has 0 amide bonds. The van der Waals surface area contributed by atoms with Gasteiger partial charge in [-0.25, -0.2) is 0 Å². The van der Waals surface area contributed by atoms with Crippen LogP contribution in [0, 0.1) is 0 Å². The van der Waals surface area contributed by atoms with Crippen molar-refractivity contribution >= 4 is 17.9 Å². The number of carbonyl (C=O) groups is 3. The minimum Gasteiger partial charge on any atom is -0.462 e. The van der Waals surface area contributed by atoms with E-state index in [0.29, 0.717) is 19.3 Å². The maximum Gasteiger partial charge on any atom is 0.306 e. The summed E-state index contributed by atoms with van der Waals surface area (Å²) < 4.78 is 16.7. The van der Waals surface area contributed by atoms with Gasteiger partial charge in [0.15, 0.2) is 6.10 Å². The van der Waals surface area contributed by atoms with Gasteiger partial charge >= 0.3 is 17.9 Å². The number of unbranched alkanes of at least 4 members (excludes halogenated alkanes) is 22. The van der Waals surface area contributed by atoms with Crippen molar-refractivity contribution in [2.75, 3.05) is 13.2 Å². The molecule has 60 heavy (non-hydrogen) atoms. The number of carbonyl (C=O) groups excluding carboxylic acids is 3. The third kappa shape index (κ3) is 45.7. The molecule has 0 heterocycles. The summed E-state index contributed by atoms with van der Waals surface area (Å²) in [4.78, 5) is 37.9. The molecular weight excluding hydrogens is 745 g/mol. The minimum absolute atomic E-state index is 0.0965. The minimum atomic E-state index is -0.797. The molecule has 0 spiro atoms. The summed E-state index contributed by atoms with van der Waals surface area (Å²) in [6, 6.07) is 0. The van der Waals surface area contributed by atoms with Gasteiger partial charge < -0.3 is 14.2 Å². The lowest BCUT2D eigenvalue weighted by atomic mass is 10.1. The number of hydrogen-bond donors (Lipinski definition) is 0. The summed E-state index contributed by atoms with van der Waals surface area (Å²) in [5.74, 6) is -0.948. The van der Waals surface area contributed by atoms with E-state index in [2.05, 4.69) is 106 Å². The van der Waals surface area contributed by atoms with Gasteiger partial charge in [-0.05, 0) is 83.5 Å². The Hall–Kier alpha value is -3.41. The van der Waals surface area contributed by atoms with Crippen LogP contribution in [-0.2, 0) is 28.6 Å². The number of rotatable bonds is 43. The molecule has 0 aliphatic heterocycles. The molecular formula is C54H90O6. The van der Waals surface area contributed by atoms with E-state index in [1.54, 1.807) is 0 Å². The smallest absolute Gasteiger partial charge is 0.306 e. The lowest BCUT2D eigenvalue weighted by molar-refractivity contribution is -0.167. The largest absolute Gasteiger partial charge is 0.462 e. The Morgan fingerprint density at radius 2 is 0.667 bits per heavy atom. The highest BCUT2D eigenvalue weighted by atomic mass is 16.6. The highest BCUT2D eigenvalue weighted by Crippen LogP contribution is 2.14. The van der Waals surface area contributed by atoms with Crippen LogP contribution in [0.25, 0.3) is 0 Å². The van der Waals surface area contributed by atoms with E-state index >= 15 is 0 Å². The van der Waals surface area contributed by atoms with Gasteiger partial charge in [0, 0.05) is 19.3 Å². The number of esters is 3. The molecule has 0 aliphatic rings. The van der Waals surface area contributed by atoms with Gasteiger partial charge in [0.25, 0.3) is 0 Å². The van der Waals surface area contributed by atoms with Crippen LogP contribution in [0.1, 0.15) is 220 Å². The lowest BCUT2D eigenvalue weighted by Gasteiger charge is -2.18. The Labute approximate surface area is 369 Å². The number of allylic oxidation sites excluding steroid dienone is 14. The predicted octanol–water partition coefficient (Wildman–Crippen LogP) is 16.0. The van der Waals surface area contributed by atoms with Gasteiger partial charge in [-0.3, -0.25) is 14.4 Å². The van der Waals surface area contributed by atoms with Crippen LogP contribution in [0.2, 0.25) is 0 Å². The molecule has 6 nitrogen and oxygen atoms in total. The van der Waals surface area contributed by atoms with Crippen LogP contribution in [0.5, 0.6) is 0 Å². The maximum absolute atomic E-state index is 12.8. The third-order valence-corrected chi connectivity index (χ3v) is 10.2. The molecule has 0 aromatic rings. The molecule has 0 radical (unpaired) electrons. The Kier molecular flexibility index (Phi) is 45.5. The van der Waals surface area contributed by atoms with Crippen molar-refractivity contribution in [3.63, 3.8) is 0 Å². The van der Waals surface area contributed by atoms with E-state index < -0.39 is 6.10 Å². The second-order valence-corrected chi connectivity index (χ2v) is 16.1. The fraction of sp³-hybridized carbons (Fsp3) is 0.685. The molecule has 0 aliphatic carbocycles. The average molecular weight is 835 g/mol. The van der Waals surface area contributed by atoms with Crippen molar-refractivity contribution in [1.29, 1.82) is 0 Å². The van der Waals surface area contributed by atoms with Gasteiger partial charge in [-0.2, -0.15) is 0 Å². The van der Waals surface area contributed by atoms with Crippen molar-refractivity contribution < 1.29 is 28.6 Å². The molecule has 0 aromatic heterocycles. The van der Waals surface area contributed by atoms with E-state index in [1.165, 1.54) is 70.6 Å². The van der Waals surface area contributed by atoms with Crippen molar-refractivity contribution in [3.8, 4) is 0 Å². The summed E-state index contributed by atoms with van der Waals surface area (Å²) in [5, 5.41) is 0. The van der Waals surface area contributed by atoms with Gasteiger partial charge in [-0.1, -0.05) is 202 Å². The predicted molar refractivity (Wildman–Crippen MR) is 256 cm³/mol.